The molecule has 0 aliphatic rings. The Bertz CT molecular complexity index is 743. The number of hydrogen-bond donors (Lipinski definition) is 3. The van der Waals surface area contributed by atoms with E-state index in [1.807, 2.05) is 24.1 Å². The zero-order valence-electron chi connectivity index (χ0n) is 15.1. The van der Waals surface area contributed by atoms with Gasteiger partial charge in [-0.05, 0) is 37.2 Å². The zero-order chi connectivity index (χ0) is 19.1. The van der Waals surface area contributed by atoms with Gasteiger partial charge in [0.15, 0.2) is 6.29 Å². The zero-order valence-corrected chi connectivity index (χ0v) is 15.1. The van der Waals surface area contributed by atoms with Crippen molar-refractivity contribution in [2.45, 2.75) is 19.4 Å². The molecule has 0 bridgehead atoms. The van der Waals surface area contributed by atoms with E-state index in [4.69, 9.17) is 4.74 Å². The van der Waals surface area contributed by atoms with Crippen LogP contribution in [0.25, 0.3) is 0 Å². The van der Waals surface area contributed by atoms with E-state index in [-0.39, 0.29) is 24.5 Å². The lowest BCUT2D eigenvalue weighted by Crippen LogP contribution is -2.22. The summed E-state index contributed by atoms with van der Waals surface area (Å²) in [7, 11) is 3.37. The monoisotopic (exact) mass is 359 g/mol. The first kappa shape index (κ1) is 19.8. The van der Waals surface area contributed by atoms with Crippen molar-refractivity contribution >= 4 is 6.29 Å². The average molecular weight is 359 g/mol. The largest absolute Gasteiger partial charge is 0.508 e. The predicted molar refractivity (Wildman–Crippen MR) is 99.0 cm³/mol. The first-order valence-electron chi connectivity index (χ1n) is 8.44. The Morgan fingerprint density at radius 1 is 1.12 bits per heavy atom. The smallest absolute Gasteiger partial charge is 0.150 e. The summed E-state index contributed by atoms with van der Waals surface area (Å²) in [6, 6.07) is 8.63. The van der Waals surface area contributed by atoms with E-state index in [0.29, 0.717) is 41.8 Å². The van der Waals surface area contributed by atoms with E-state index < -0.39 is 0 Å². The average Bonchev–Trinajstić information content (AvgIpc) is 2.64. The van der Waals surface area contributed by atoms with Gasteiger partial charge in [-0.3, -0.25) is 4.79 Å². The number of hydrogen-bond acceptors (Lipinski definition) is 6. The van der Waals surface area contributed by atoms with Crippen molar-refractivity contribution in [3.63, 3.8) is 0 Å². The summed E-state index contributed by atoms with van der Waals surface area (Å²) in [5.74, 6) is 0.628. The number of phenols is 2. The van der Waals surface area contributed by atoms with Crippen LogP contribution >= 0.6 is 0 Å². The standard InChI is InChI=1S/C20H25NO5/c1-21(9-7-14-3-5-16(24)6-4-14)12-18-15(13-23)11-19(26-2)17(8-10-22)20(18)25/h3-6,11,13,22,24-25H,7-10,12H2,1-2H3. The molecule has 2 rings (SSSR count). The highest BCUT2D eigenvalue weighted by atomic mass is 16.5. The van der Waals surface area contributed by atoms with Gasteiger partial charge >= 0.3 is 0 Å². The topological polar surface area (TPSA) is 90.2 Å². The minimum Gasteiger partial charge on any atom is -0.508 e. The fraction of sp³-hybridized carbons (Fsp3) is 0.350. The van der Waals surface area contributed by atoms with Crippen LogP contribution in [-0.2, 0) is 19.4 Å². The molecule has 0 heterocycles. The number of ether oxygens (including phenoxy) is 1. The van der Waals surface area contributed by atoms with Gasteiger partial charge in [0, 0.05) is 42.8 Å². The van der Waals surface area contributed by atoms with Crippen LogP contribution < -0.4 is 4.74 Å². The molecule has 0 fully saturated rings. The maximum atomic E-state index is 11.5. The van der Waals surface area contributed by atoms with E-state index in [0.717, 1.165) is 12.0 Å². The summed E-state index contributed by atoms with van der Waals surface area (Å²) in [6.07, 6.45) is 1.72. The Morgan fingerprint density at radius 2 is 1.81 bits per heavy atom. The molecule has 0 saturated carbocycles. The van der Waals surface area contributed by atoms with Crippen LogP contribution in [0.3, 0.4) is 0 Å². The number of likely N-dealkylation sites (N-methyl/N-ethyl adjacent to an activating group) is 1. The second-order valence-electron chi connectivity index (χ2n) is 6.22. The second-order valence-corrected chi connectivity index (χ2v) is 6.22. The Hall–Kier alpha value is -2.57. The molecule has 2 aromatic carbocycles. The van der Waals surface area contributed by atoms with Crippen molar-refractivity contribution in [2.75, 3.05) is 27.3 Å². The Morgan fingerprint density at radius 3 is 2.38 bits per heavy atom. The van der Waals surface area contributed by atoms with Crippen molar-refractivity contribution in [3.8, 4) is 17.2 Å². The molecule has 6 nitrogen and oxygen atoms in total. The molecule has 140 valence electrons. The molecular formula is C20H25NO5. The first-order chi connectivity index (χ1) is 12.5. The van der Waals surface area contributed by atoms with Gasteiger partial charge in [-0.25, -0.2) is 0 Å². The molecule has 0 amide bonds. The molecule has 0 aliphatic carbocycles. The summed E-state index contributed by atoms with van der Waals surface area (Å²) in [4.78, 5) is 13.5. The second kappa shape index (κ2) is 9.22. The van der Waals surface area contributed by atoms with Gasteiger partial charge in [0.05, 0.1) is 7.11 Å². The molecule has 0 atom stereocenters. The molecule has 0 aromatic heterocycles. The molecule has 2 aromatic rings. The Balaban J connectivity index is 2.17. The van der Waals surface area contributed by atoms with Gasteiger partial charge in [-0.2, -0.15) is 0 Å². The summed E-state index contributed by atoms with van der Waals surface area (Å²) in [6.45, 7) is 0.977. The van der Waals surface area contributed by atoms with E-state index >= 15 is 0 Å². The molecule has 0 aliphatic heterocycles. The number of rotatable bonds is 9. The molecular weight excluding hydrogens is 334 g/mol. The van der Waals surface area contributed by atoms with Crippen LogP contribution in [0.2, 0.25) is 0 Å². The molecule has 3 N–H and O–H groups in total. The van der Waals surface area contributed by atoms with Crippen LogP contribution in [0.5, 0.6) is 17.2 Å². The molecule has 0 saturated heterocycles. The van der Waals surface area contributed by atoms with Crippen molar-refractivity contribution in [3.05, 3.63) is 52.6 Å². The lowest BCUT2D eigenvalue weighted by Gasteiger charge is -2.21. The van der Waals surface area contributed by atoms with E-state index in [1.165, 1.54) is 7.11 Å². The number of aliphatic hydroxyl groups is 1. The summed E-state index contributed by atoms with van der Waals surface area (Å²) in [5.41, 5.74) is 2.49. The maximum absolute atomic E-state index is 11.5. The quantitative estimate of drug-likeness (QED) is 0.594. The lowest BCUT2D eigenvalue weighted by molar-refractivity contribution is 0.112. The maximum Gasteiger partial charge on any atom is 0.150 e. The van der Waals surface area contributed by atoms with E-state index in [1.54, 1.807) is 18.2 Å². The molecule has 0 radical (unpaired) electrons. The number of methoxy groups -OCH3 is 1. The highest BCUT2D eigenvalue weighted by Crippen LogP contribution is 2.35. The number of nitrogens with zero attached hydrogens (tertiary/aromatic N) is 1. The minimum absolute atomic E-state index is 0.00279. The lowest BCUT2D eigenvalue weighted by atomic mass is 9.99. The number of aldehydes is 1. The van der Waals surface area contributed by atoms with Crippen molar-refractivity contribution < 1.29 is 24.9 Å². The van der Waals surface area contributed by atoms with E-state index in [2.05, 4.69) is 0 Å². The molecule has 0 unspecified atom stereocenters. The van der Waals surface area contributed by atoms with Crippen molar-refractivity contribution in [1.82, 2.24) is 4.90 Å². The number of phenolic OH excluding ortho intramolecular Hbond substituents is 2. The Labute approximate surface area is 153 Å². The Kier molecular flexibility index (Phi) is 7.00. The summed E-state index contributed by atoms with van der Waals surface area (Å²) >= 11 is 0. The summed E-state index contributed by atoms with van der Waals surface area (Å²) in [5, 5.41) is 29.2. The van der Waals surface area contributed by atoms with Crippen LogP contribution in [0.4, 0.5) is 0 Å². The van der Waals surface area contributed by atoms with Gasteiger partial charge in [-0.1, -0.05) is 12.1 Å². The summed E-state index contributed by atoms with van der Waals surface area (Å²) < 4.78 is 5.23. The van der Waals surface area contributed by atoms with Crippen molar-refractivity contribution in [1.29, 1.82) is 0 Å². The number of aliphatic hydroxyl groups excluding tert-OH is 1. The highest BCUT2D eigenvalue weighted by Gasteiger charge is 2.19. The van der Waals surface area contributed by atoms with Gasteiger partial charge in [0.2, 0.25) is 0 Å². The highest BCUT2D eigenvalue weighted by molar-refractivity contribution is 5.80. The van der Waals surface area contributed by atoms with Crippen LogP contribution in [0.1, 0.15) is 27.0 Å². The number of carbonyl (C=O) groups is 1. The van der Waals surface area contributed by atoms with E-state index in [9.17, 15) is 20.1 Å². The number of aromatic hydroxyl groups is 2. The van der Waals surface area contributed by atoms with Crippen molar-refractivity contribution in [2.24, 2.45) is 0 Å². The first-order valence-corrected chi connectivity index (χ1v) is 8.44. The normalized spacial score (nSPS) is 10.9. The van der Waals surface area contributed by atoms with Gasteiger partial charge in [0.25, 0.3) is 0 Å². The molecule has 26 heavy (non-hydrogen) atoms. The number of carbonyl (C=O) groups excluding carboxylic acids is 1. The van der Waals surface area contributed by atoms with Gasteiger partial charge in [0.1, 0.15) is 17.2 Å². The SMILES string of the molecule is COc1cc(C=O)c(CN(C)CCc2ccc(O)cc2)c(O)c1CCO. The molecule has 0 spiro atoms. The fourth-order valence-electron chi connectivity index (χ4n) is 2.89. The third kappa shape index (κ3) is 4.74. The van der Waals surface area contributed by atoms with Crippen LogP contribution in [0.15, 0.2) is 30.3 Å². The minimum atomic E-state index is -0.125. The van der Waals surface area contributed by atoms with Crippen LogP contribution in [0, 0.1) is 0 Å². The molecule has 6 heteroatoms. The third-order valence-electron chi connectivity index (χ3n) is 4.36. The third-order valence-corrected chi connectivity index (χ3v) is 4.36. The van der Waals surface area contributed by atoms with Crippen LogP contribution in [-0.4, -0.2) is 53.8 Å². The van der Waals surface area contributed by atoms with Gasteiger partial charge in [-0.15, -0.1) is 0 Å². The van der Waals surface area contributed by atoms with Gasteiger partial charge < -0.3 is 25.0 Å². The predicted octanol–water partition coefficient (Wildman–Crippen LogP) is 2.13. The fourth-order valence-corrected chi connectivity index (χ4v) is 2.89. The number of benzene rings is 2.